The van der Waals surface area contributed by atoms with Gasteiger partial charge in [-0.1, -0.05) is 44.2 Å². The van der Waals surface area contributed by atoms with Crippen LogP contribution in [0.3, 0.4) is 0 Å². The molecule has 3 nitrogen and oxygen atoms in total. The van der Waals surface area contributed by atoms with Gasteiger partial charge in [0.15, 0.2) is 0 Å². The van der Waals surface area contributed by atoms with Gasteiger partial charge in [0.25, 0.3) is 0 Å². The lowest BCUT2D eigenvalue weighted by molar-refractivity contribution is 0.687. The molecule has 0 saturated heterocycles. The van der Waals surface area contributed by atoms with Gasteiger partial charge in [0.05, 0.1) is 5.39 Å². The summed E-state index contributed by atoms with van der Waals surface area (Å²) in [6.45, 7) is 5.18. The fraction of sp³-hybridized carbons (Fsp3) is 0.250. The average Bonchev–Trinajstić information content (AvgIpc) is 2.89. The minimum Gasteiger partial charge on any atom is -0.369 e. The number of rotatable bonds is 4. The van der Waals surface area contributed by atoms with E-state index in [0.717, 1.165) is 28.1 Å². The molecule has 0 atom stereocenters. The normalized spacial score (nSPS) is 11.2. The van der Waals surface area contributed by atoms with Crippen molar-refractivity contribution in [3.63, 3.8) is 0 Å². The Bertz CT molecular complexity index is 753. The van der Waals surface area contributed by atoms with Crippen LogP contribution in [-0.4, -0.2) is 16.5 Å². The van der Waals surface area contributed by atoms with E-state index in [9.17, 15) is 0 Å². The highest BCUT2D eigenvalue weighted by Gasteiger charge is 2.14. The maximum atomic E-state index is 6.04. The lowest BCUT2D eigenvalue weighted by atomic mass is 10.1. The highest BCUT2D eigenvalue weighted by Crippen LogP contribution is 2.37. The molecule has 0 amide bonds. The zero-order valence-electron chi connectivity index (χ0n) is 11.9. The van der Waals surface area contributed by atoms with E-state index >= 15 is 0 Å². The molecule has 3 rings (SSSR count). The molecular weight excluding hydrogens is 302 g/mol. The molecule has 0 fully saturated rings. The summed E-state index contributed by atoms with van der Waals surface area (Å²) in [5, 5.41) is 6.85. The van der Waals surface area contributed by atoms with Gasteiger partial charge in [-0.25, -0.2) is 9.97 Å². The number of fused-ring (bicyclic) bond motifs is 1. The van der Waals surface area contributed by atoms with Crippen molar-refractivity contribution in [2.75, 3.05) is 11.9 Å². The predicted octanol–water partition coefficient (Wildman–Crippen LogP) is 5.08. The summed E-state index contributed by atoms with van der Waals surface area (Å²) < 4.78 is 0. The molecule has 0 spiro atoms. The molecule has 2 aromatic heterocycles. The van der Waals surface area contributed by atoms with Crippen LogP contribution in [0.5, 0.6) is 0 Å². The fourth-order valence-corrected chi connectivity index (χ4v) is 3.34. The smallest absolute Gasteiger partial charge is 0.225 e. The number of nitrogens with one attached hydrogen (secondary N) is 1. The van der Waals surface area contributed by atoms with E-state index in [0.29, 0.717) is 5.92 Å². The maximum Gasteiger partial charge on any atom is 0.225 e. The fourth-order valence-electron chi connectivity index (χ4n) is 2.17. The second-order valence-electron chi connectivity index (χ2n) is 5.31. The Morgan fingerprint density at radius 1 is 1.19 bits per heavy atom. The molecule has 2 heterocycles. The number of anilines is 1. The van der Waals surface area contributed by atoms with Crippen molar-refractivity contribution >= 4 is 39.0 Å². The third-order valence-corrected chi connectivity index (χ3v) is 4.21. The van der Waals surface area contributed by atoms with Crippen LogP contribution in [0.1, 0.15) is 13.8 Å². The molecular formula is C16H16ClN3S. The lowest BCUT2D eigenvalue weighted by Gasteiger charge is -2.10. The Hall–Kier alpha value is -1.65. The molecule has 0 aliphatic rings. The number of hydrogen-bond acceptors (Lipinski definition) is 4. The second kappa shape index (κ2) is 6.00. The van der Waals surface area contributed by atoms with Crippen LogP contribution in [0, 0.1) is 5.92 Å². The molecule has 3 aromatic rings. The van der Waals surface area contributed by atoms with Gasteiger partial charge in [0.1, 0.15) is 10.6 Å². The summed E-state index contributed by atoms with van der Waals surface area (Å²) in [6, 6.07) is 10.3. The van der Waals surface area contributed by atoms with Crippen LogP contribution in [-0.2, 0) is 0 Å². The highest BCUT2D eigenvalue weighted by atomic mass is 35.5. The van der Waals surface area contributed by atoms with Crippen LogP contribution in [0.15, 0.2) is 35.7 Å². The zero-order valence-corrected chi connectivity index (χ0v) is 13.5. The number of halogens is 1. The minimum absolute atomic E-state index is 0.287. The highest BCUT2D eigenvalue weighted by molar-refractivity contribution is 7.17. The average molecular weight is 318 g/mol. The Balaban J connectivity index is 2.14. The van der Waals surface area contributed by atoms with Gasteiger partial charge < -0.3 is 5.32 Å². The summed E-state index contributed by atoms with van der Waals surface area (Å²) in [4.78, 5) is 9.64. The van der Waals surface area contributed by atoms with Crippen molar-refractivity contribution in [2.24, 2.45) is 5.92 Å². The summed E-state index contributed by atoms with van der Waals surface area (Å²) in [5.74, 6) is 1.35. The Morgan fingerprint density at radius 2 is 1.95 bits per heavy atom. The summed E-state index contributed by atoms with van der Waals surface area (Å²) >= 11 is 7.63. The van der Waals surface area contributed by atoms with Gasteiger partial charge in [-0.15, -0.1) is 11.3 Å². The largest absolute Gasteiger partial charge is 0.369 e. The molecule has 0 saturated carbocycles. The first-order chi connectivity index (χ1) is 10.1. The summed E-state index contributed by atoms with van der Waals surface area (Å²) in [7, 11) is 0. The summed E-state index contributed by atoms with van der Waals surface area (Å²) in [6.07, 6.45) is 0. The van der Waals surface area contributed by atoms with E-state index in [-0.39, 0.29) is 5.28 Å². The molecule has 0 aliphatic heterocycles. The molecule has 108 valence electrons. The molecule has 0 radical (unpaired) electrons. The molecule has 1 aromatic carbocycles. The topological polar surface area (TPSA) is 37.8 Å². The standard InChI is InChI=1S/C16H16ClN3S/c1-10(2)8-18-14-13-12(11-6-4-3-5-7-11)9-21-15(13)20-16(17)19-14/h3-7,9-10H,8H2,1-2H3,(H,18,19,20). The Labute approximate surface area is 133 Å². The number of nitrogens with zero attached hydrogens (tertiary/aromatic N) is 2. The first-order valence-electron chi connectivity index (χ1n) is 6.89. The van der Waals surface area contributed by atoms with E-state index in [2.05, 4.69) is 46.6 Å². The van der Waals surface area contributed by atoms with Crippen LogP contribution >= 0.6 is 22.9 Å². The van der Waals surface area contributed by atoms with Crippen LogP contribution in [0.2, 0.25) is 5.28 Å². The maximum absolute atomic E-state index is 6.04. The lowest BCUT2D eigenvalue weighted by Crippen LogP contribution is -2.09. The van der Waals surface area contributed by atoms with Crippen LogP contribution in [0.4, 0.5) is 5.82 Å². The monoisotopic (exact) mass is 317 g/mol. The number of thiophene rings is 1. The number of aromatic nitrogens is 2. The second-order valence-corrected chi connectivity index (χ2v) is 6.51. The van der Waals surface area contributed by atoms with Crippen molar-refractivity contribution in [1.29, 1.82) is 0 Å². The SMILES string of the molecule is CC(C)CNc1nc(Cl)nc2scc(-c3ccccc3)c12. The van der Waals surface area contributed by atoms with E-state index in [1.54, 1.807) is 11.3 Å². The van der Waals surface area contributed by atoms with Gasteiger partial charge in [0, 0.05) is 17.5 Å². The summed E-state index contributed by atoms with van der Waals surface area (Å²) in [5.41, 5.74) is 2.32. The van der Waals surface area contributed by atoms with Crippen molar-refractivity contribution in [3.8, 4) is 11.1 Å². The van der Waals surface area contributed by atoms with Gasteiger partial charge >= 0.3 is 0 Å². The third kappa shape index (κ3) is 3.01. The van der Waals surface area contributed by atoms with Gasteiger partial charge in [0.2, 0.25) is 5.28 Å². The van der Waals surface area contributed by atoms with Crippen molar-refractivity contribution in [3.05, 3.63) is 41.0 Å². The first-order valence-corrected chi connectivity index (χ1v) is 8.15. The Morgan fingerprint density at radius 3 is 2.67 bits per heavy atom. The van der Waals surface area contributed by atoms with E-state index < -0.39 is 0 Å². The molecule has 1 N–H and O–H groups in total. The molecule has 5 heteroatoms. The van der Waals surface area contributed by atoms with Crippen molar-refractivity contribution in [2.45, 2.75) is 13.8 Å². The molecule has 0 bridgehead atoms. The van der Waals surface area contributed by atoms with Crippen molar-refractivity contribution < 1.29 is 0 Å². The van der Waals surface area contributed by atoms with Gasteiger partial charge in [-0.05, 0) is 23.1 Å². The number of hydrogen-bond donors (Lipinski definition) is 1. The van der Waals surface area contributed by atoms with Crippen LogP contribution < -0.4 is 5.32 Å². The predicted molar refractivity (Wildman–Crippen MR) is 91.2 cm³/mol. The zero-order chi connectivity index (χ0) is 14.8. The van der Waals surface area contributed by atoms with E-state index in [1.807, 2.05) is 18.2 Å². The third-order valence-electron chi connectivity index (χ3n) is 3.17. The van der Waals surface area contributed by atoms with Gasteiger partial charge in [-0.3, -0.25) is 0 Å². The minimum atomic E-state index is 0.287. The van der Waals surface area contributed by atoms with Crippen LogP contribution in [0.25, 0.3) is 21.3 Å². The van der Waals surface area contributed by atoms with E-state index in [4.69, 9.17) is 11.6 Å². The number of benzene rings is 1. The first kappa shape index (κ1) is 14.3. The van der Waals surface area contributed by atoms with Crippen molar-refractivity contribution in [1.82, 2.24) is 9.97 Å². The molecule has 21 heavy (non-hydrogen) atoms. The quantitative estimate of drug-likeness (QED) is 0.682. The van der Waals surface area contributed by atoms with Gasteiger partial charge in [-0.2, -0.15) is 0 Å². The molecule has 0 aliphatic carbocycles. The Kier molecular flexibility index (Phi) is 4.08. The van der Waals surface area contributed by atoms with E-state index in [1.165, 1.54) is 5.56 Å². The molecule has 0 unspecified atom stereocenters.